The van der Waals surface area contributed by atoms with Crippen LogP contribution in [0.4, 0.5) is 15.9 Å². The molecule has 5 heterocycles. The Morgan fingerprint density at radius 3 is 2.76 bits per heavy atom. The first-order chi connectivity index (χ1) is 21.6. The lowest BCUT2D eigenvalue weighted by molar-refractivity contribution is -0.127. The smallest absolute Gasteiger partial charge is 0.356 e. The fraction of sp³-hybridized carbons (Fsp3) is 0.312. The minimum atomic E-state index is -0.664. The molecule has 1 saturated carbocycles. The van der Waals surface area contributed by atoms with Crippen molar-refractivity contribution in [3.05, 3.63) is 76.2 Å². The van der Waals surface area contributed by atoms with Crippen LogP contribution >= 0.6 is 11.6 Å². The molecule has 1 aromatic carbocycles. The second-order valence-corrected chi connectivity index (χ2v) is 12.1. The summed E-state index contributed by atoms with van der Waals surface area (Å²) in [6.45, 7) is 9.93. The molecule has 7 rings (SSSR count). The van der Waals surface area contributed by atoms with E-state index in [1.165, 1.54) is 22.8 Å². The quantitative estimate of drug-likeness (QED) is 0.333. The van der Waals surface area contributed by atoms with Crippen LogP contribution in [0.1, 0.15) is 32.4 Å². The number of fused-ring (bicyclic) bond motifs is 6. The van der Waals surface area contributed by atoms with Crippen molar-refractivity contribution in [2.75, 3.05) is 29.9 Å². The van der Waals surface area contributed by atoms with Crippen LogP contribution in [0.25, 0.3) is 28.0 Å². The molecule has 1 saturated heterocycles. The number of benzene rings is 1. The summed E-state index contributed by atoms with van der Waals surface area (Å²) in [6.07, 6.45) is 2.86. The lowest BCUT2D eigenvalue weighted by Gasteiger charge is -2.35. The van der Waals surface area contributed by atoms with Crippen LogP contribution in [0.3, 0.4) is 0 Å². The first-order valence-electron chi connectivity index (χ1n) is 14.6. The standard InChI is InChI=1S/C32H29ClFN7O4/c1-5-23(43)39-11-12-40(28-16(4)27(28)39)30-17-13-18(33)26-24-19(34)7-6-8-20(24)36-22(42)14-45-21-9-10-35-25(15(2)3)29(21)41(31(17)37-26)32(44)38-30/h5-10,13,15-16,27-28H,1,11-12,14H2,2-4H3,(H,36,42)/t16-,27?,28-/m1/s1. The average Bonchev–Trinajstić information content (AvgIpc) is 3.69. The number of piperazine rings is 1. The Balaban J connectivity index is 1.55. The lowest BCUT2D eigenvalue weighted by Crippen LogP contribution is -2.49. The Kier molecular flexibility index (Phi) is 6.84. The van der Waals surface area contributed by atoms with Gasteiger partial charge in [-0.15, -0.1) is 0 Å². The van der Waals surface area contributed by atoms with Gasteiger partial charge in [0.1, 0.15) is 23.1 Å². The van der Waals surface area contributed by atoms with Crippen LogP contribution in [-0.4, -0.2) is 68.0 Å². The molecular weight excluding hydrogens is 601 g/mol. The summed E-state index contributed by atoms with van der Waals surface area (Å²) in [5.74, 6) is -0.804. The van der Waals surface area contributed by atoms with Crippen LogP contribution in [0.2, 0.25) is 5.02 Å². The zero-order valence-electron chi connectivity index (χ0n) is 24.8. The van der Waals surface area contributed by atoms with Crippen LogP contribution in [0, 0.1) is 11.7 Å². The van der Waals surface area contributed by atoms with Crippen molar-refractivity contribution < 1.29 is 18.7 Å². The molecule has 230 valence electrons. The van der Waals surface area contributed by atoms with Gasteiger partial charge in [-0.2, -0.15) is 4.98 Å². The highest BCUT2D eigenvalue weighted by Gasteiger charge is 2.58. The molecule has 2 bridgehead atoms. The van der Waals surface area contributed by atoms with E-state index in [0.29, 0.717) is 30.0 Å². The molecule has 3 aliphatic rings. The van der Waals surface area contributed by atoms with Gasteiger partial charge in [-0.25, -0.2) is 18.7 Å². The molecule has 2 amide bonds. The van der Waals surface area contributed by atoms with E-state index < -0.39 is 24.0 Å². The van der Waals surface area contributed by atoms with E-state index in [1.54, 1.807) is 29.3 Å². The second-order valence-electron chi connectivity index (χ2n) is 11.7. The third-order valence-electron chi connectivity index (χ3n) is 8.69. The zero-order valence-corrected chi connectivity index (χ0v) is 25.5. The van der Waals surface area contributed by atoms with Gasteiger partial charge in [-0.1, -0.05) is 45.0 Å². The van der Waals surface area contributed by atoms with Crippen LogP contribution in [-0.2, 0) is 9.59 Å². The van der Waals surface area contributed by atoms with Crippen molar-refractivity contribution >= 4 is 46.0 Å². The maximum Gasteiger partial charge on any atom is 0.356 e. The molecule has 3 atom stereocenters. The molecule has 0 radical (unpaired) electrons. The van der Waals surface area contributed by atoms with Crippen LogP contribution < -0.4 is 20.6 Å². The number of pyridine rings is 2. The summed E-state index contributed by atoms with van der Waals surface area (Å²) in [5.41, 5.74) is 0.460. The predicted octanol–water partition coefficient (Wildman–Crippen LogP) is 4.31. The van der Waals surface area contributed by atoms with Crippen molar-refractivity contribution in [3.63, 3.8) is 0 Å². The molecule has 13 heteroatoms. The van der Waals surface area contributed by atoms with Gasteiger partial charge in [-0.3, -0.25) is 14.6 Å². The number of nitrogens with one attached hydrogen (secondary N) is 1. The number of carbonyl (C=O) groups is 2. The first kappa shape index (κ1) is 28.9. The highest BCUT2D eigenvalue weighted by Crippen LogP contribution is 2.47. The average molecular weight is 630 g/mol. The van der Waals surface area contributed by atoms with E-state index in [-0.39, 0.29) is 68.9 Å². The van der Waals surface area contributed by atoms with Crippen LogP contribution in [0.15, 0.2) is 54.0 Å². The summed E-state index contributed by atoms with van der Waals surface area (Å²) in [7, 11) is 0. The van der Waals surface area contributed by atoms with E-state index >= 15 is 4.39 Å². The molecule has 2 aliphatic heterocycles. The molecule has 4 aromatic rings. The van der Waals surface area contributed by atoms with E-state index in [1.807, 2.05) is 25.7 Å². The fourth-order valence-corrected chi connectivity index (χ4v) is 6.85. The van der Waals surface area contributed by atoms with Crippen molar-refractivity contribution in [1.82, 2.24) is 24.4 Å². The third-order valence-corrected chi connectivity index (χ3v) is 8.98. The van der Waals surface area contributed by atoms with Crippen molar-refractivity contribution in [2.45, 2.75) is 38.8 Å². The molecule has 11 nitrogen and oxygen atoms in total. The molecule has 0 spiro atoms. The molecule has 1 aliphatic carbocycles. The van der Waals surface area contributed by atoms with Gasteiger partial charge in [0.05, 0.1) is 45.1 Å². The predicted molar refractivity (Wildman–Crippen MR) is 168 cm³/mol. The number of hydrogen-bond acceptors (Lipinski definition) is 8. The summed E-state index contributed by atoms with van der Waals surface area (Å²) in [5, 5.41) is 3.26. The lowest BCUT2D eigenvalue weighted by atomic mass is 10.1. The largest absolute Gasteiger partial charge is 0.481 e. The molecule has 2 fully saturated rings. The van der Waals surface area contributed by atoms with Gasteiger partial charge >= 0.3 is 5.69 Å². The van der Waals surface area contributed by atoms with E-state index in [0.717, 1.165) is 0 Å². The summed E-state index contributed by atoms with van der Waals surface area (Å²) >= 11 is 6.88. The first-order valence-corrected chi connectivity index (χ1v) is 15.0. The van der Waals surface area contributed by atoms with E-state index in [4.69, 9.17) is 21.3 Å². The van der Waals surface area contributed by atoms with Crippen molar-refractivity contribution in [3.8, 4) is 22.7 Å². The number of amides is 2. The van der Waals surface area contributed by atoms with Gasteiger partial charge in [0.2, 0.25) is 5.91 Å². The topological polar surface area (TPSA) is 123 Å². The Bertz CT molecular complexity index is 2000. The SMILES string of the molecule is C=CC(=O)N1CCN(c2nc(=O)n3c4nc(c(Cl)cc24)-c2c(F)cccc2NC(=O)COc2ccnc(C(C)C)c2-3)[C@H]2C1[C@H]2C. The highest BCUT2D eigenvalue weighted by molar-refractivity contribution is 6.34. The molecule has 45 heavy (non-hydrogen) atoms. The summed E-state index contributed by atoms with van der Waals surface area (Å²) in [4.78, 5) is 57.6. The number of halogens is 2. The Morgan fingerprint density at radius 2 is 2.00 bits per heavy atom. The van der Waals surface area contributed by atoms with Crippen molar-refractivity contribution in [1.29, 1.82) is 0 Å². The number of hydrogen-bond donors (Lipinski definition) is 1. The minimum absolute atomic E-state index is 0.0291. The second kappa shape index (κ2) is 10.7. The Labute approximate surface area is 262 Å². The van der Waals surface area contributed by atoms with Gasteiger partial charge in [0.25, 0.3) is 5.91 Å². The molecular formula is C32H29ClFN7O4. The van der Waals surface area contributed by atoms with Gasteiger partial charge in [0.15, 0.2) is 12.3 Å². The Morgan fingerprint density at radius 1 is 1.20 bits per heavy atom. The normalized spacial score (nSPS) is 20.4. The maximum atomic E-state index is 15.5. The number of ether oxygens (including phenoxy) is 1. The number of anilines is 2. The number of nitrogens with zero attached hydrogens (tertiary/aromatic N) is 6. The number of carbonyl (C=O) groups excluding carboxylic acids is 2. The van der Waals surface area contributed by atoms with Gasteiger partial charge in [0, 0.05) is 31.3 Å². The van der Waals surface area contributed by atoms with Gasteiger partial charge in [-0.05, 0) is 30.2 Å². The monoisotopic (exact) mass is 629 g/mol. The third kappa shape index (κ3) is 4.54. The summed E-state index contributed by atoms with van der Waals surface area (Å²) in [6, 6.07) is 7.29. The number of rotatable bonds is 3. The van der Waals surface area contributed by atoms with E-state index in [9.17, 15) is 14.4 Å². The van der Waals surface area contributed by atoms with Gasteiger partial charge < -0.3 is 19.9 Å². The zero-order chi connectivity index (χ0) is 31.7. The fourth-order valence-electron chi connectivity index (χ4n) is 6.61. The van der Waals surface area contributed by atoms with E-state index in [2.05, 4.69) is 21.9 Å². The maximum absolute atomic E-state index is 15.5. The highest BCUT2D eigenvalue weighted by atomic mass is 35.5. The van der Waals surface area contributed by atoms with Crippen molar-refractivity contribution in [2.24, 2.45) is 5.92 Å². The summed E-state index contributed by atoms with van der Waals surface area (Å²) < 4.78 is 22.8. The minimum Gasteiger partial charge on any atom is -0.481 e. The molecule has 1 unspecified atom stereocenters. The van der Waals surface area contributed by atoms with Crippen LogP contribution in [0.5, 0.6) is 5.75 Å². The Hall–Kier alpha value is -4.84. The number of aromatic nitrogens is 4. The molecule has 1 N–H and O–H groups in total. The molecule has 3 aromatic heterocycles.